The van der Waals surface area contributed by atoms with E-state index in [1.54, 1.807) is 0 Å². The quantitative estimate of drug-likeness (QED) is 0.741. The van der Waals surface area contributed by atoms with E-state index < -0.39 is 0 Å². The lowest BCUT2D eigenvalue weighted by molar-refractivity contribution is 0.0675. The molecule has 0 spiro atoms. The van der Waals surface area contributed by atoms with Gasteiger partial charge in [0.15, 0.2) is 0 Å². The fourth-order valence-corrected chi connectivity index (χ4v) is 2.34. The first kappa shape index (κ1) is 9.69. The molecule has 0 aliphatic heterocycles. The van der Waals surface area contributed by atoms with Crippen molar-refractivity contribution < 1.29 is 4.74 Å². The van der Waals surface area contributed by atoms with Crippen LogP contribution < -0.4 is 0 Å². The smallest absolute Gasteiger partial charge is 0.0813 e. The third-order valence-electron chi connectivity index (χ3n) is 2.04. The Morgan fingerprint density at radius 3 is 2.79 bits per heavy atom. The van der Waals surface area contributed by atoms with Crippen LogP contribution in [-0.4, -0.2) is 6.10 Å². The van der Waals surface area contributed by atoms with Crippen molar-refractivity contribution >= 4 is 21.4 Å². The van der Waals surface area contributed by atoms with E-state index >= 15 is 0 Å². The zero-order valence-corrected chi connectivity index (χ0v) is 9.30. The molecule has 0 amide bonds. The monoisotopic (exact) mass is 206 g/mol. The molecule has 0 bridgehead atoms. The SMILES string of the molecule is CC(C)OCc1cc2ccccc2s1. The minimum absolute atomic E-state index is 0.306. The summed E-state index contributed by atoms with van der Waals surface area (Å²) in [6, 6.07) is 10.7. The van der Waals surface area contributed by atoms with Gasteiger partial charge in [-0.05, 0) is 31.4 Å². The van der Waals surface area contributed by atoms with Crippen molar-refractivity contribution in [2.75, 3.05) is 0 Å². The zero-order chi connectivity index (χ0) is 9.97. The van der Waals surface area contributed by atoms with E-state index in [2.05, 4.69) is 44.2 Å². The predicted octanol–water partition coefficient (Wildman–Crippen LogP) is 3.83. The number of thiophene rings is 1. The Morgan fingerprint density at radius 1 is 1.29 bits per heavy atom. The fraction of sp³-hybridized carbons (Fsp3) is 0.333. The van der Waals surface area contributed by atoms with Crippen LogP contribution in [0.15, 0.2) is 30.3 Å². The minimum atomic E-state index is 0.306. The lowest BCUT2D eigenvalue weighted by Gasteiger charge is -2.04. The molecule has 2 heteroatoms. The molecule has 14 heavy (non-hydrogen) atoms. The fourth-order valence-electron chi connectivity index (χ4n) is 1.36. The highest BCUT2D eigenvalue weighted by molar-refractivity contribution is 7.19. The summed E-state index contributed by atoms with van der Waals surface area (Å²) in [5, 5.41) is 1.32. The number of hydrogen-bond donors (Lipinski definition) is 0. The molecular formula is C12H14OS. The van der Waals surface area contributed by atoms with Gasteiger partial charge in [0.05, 0.1) is 12.7 Å². The van der Waals surface area contributed by atoms with E-state index in [-0.39, 0.29) is 0 Å². The first-order valence-corrected chi connectivity index (χ1v) is 5.66. The van der Waals surface area contributed by atoms with E-state index in [9.17, 15) is 0 Å². The highest BCUT2D eigenvalue weighted by atomic mass is 32.1. The average Bonchev–Trinajstić information content (AvgIpc) is 2.57. The third-order valence-corrected chi connectivity index (χ3v) is 3.13. The van der Waals surface area contributed by atoms with Gasteiger partial charge in [-0.1, -0.05) is 18.2 Å². The molecule has 74 valence electrons. The van der Waals surface area contributed by atoms with Crippen molar-refractivity contribution in [1.29, 1.82) is 0 Å². The summed E-state index contributed by atoms with van der Waals surface area (Å²) in [5.74, 6) is 0. The lowest BCUT2D eigenvalue weighted by Crippen LogP contribution is -2.00. The molecule has 1 aromatic heterocycles. The summed E-state index contributed by atoms with van der Waals surface area (Å²) in [4.78, 5) is 1.31. The number of hydrogen-bond acceptors (Lipinski definition) is 2. The van der Waals surface area contributed by atoms with Gasteiger partial charge >= 0.3 is 0 Å². The summed E-state index contributed by atoms with van der Waals surface area (Å²) in [7, 11) is 0. The highest BCUT2D eigenvalue weighted by Crippen LogP contribution is 2.25. The van der Waals surface area contributed by atoms with Gasteiger partial charge in [0.1, 0.15) is 0 Å². The van der Waals surface area contributed by atoms with Crippen LogP contribution in [0.3, 0.4) is 0 Å². The summed E-state index contributed by atoms with van der Waals surface area (Å²) in [6.07, 6.45) is 0.306. The van der Waals surface area contributed by atoms with Crippen molar-refractivity contribution in [2.45, 2.75) is 26.6 Å². The molecule has 0 aliphatic rings. The topological polar surface area (TPSA) is 9.23 Å². The van der Waals surface area contributed by atoms with Crippen molar-refractivity contribution in [1.82, 2.24) is 0 Å². The Bertz CT molecular complexity index is 384. The van der Waals surface area contributed by atoms with Crippen LogP contribution in [0.2, 0.25) is 0 Å². The minimum Gasteiger partial charge on any atom is -0.373 e. The molecule has 0 aliphatic carbocycles. The van der Waals surface area contributed by atoms with Crippen LogP contribution in [0, 0.1) is 0 Å². The number of ether oxygens (including phenoxy) is 1. The molecule has 1 aromatic carbocycles. The maximum Gasteiger partial charge on any atom is 0.0813 e. The van der Waals surface area contributed by atoms with Crippen molar-refractivity contribution in [2.24, 2.45) is 0 Å². The Labute approximate surface area is 88.3 Å². The first-order valence-electron chi connectivity index (χ1n) is 4.85. The second-order valence-corrected chi connectivity index (χ2v) is 4.78. The number of benzene rings is 1. The van der Waals surface area contributed by atoms with Crippen LogP contribution in [0.5, 0.6) is 0 Å². The molecule has 0 radical (unpaired) electrons. The zero-order valence-electron chi connectivity index (χ0n) is 8.49. The van der Waals surface area contributed by atoms with Crippen molar-refractivity contribution in [3.8, 4) is 0 Å². The van der Waals surface area contributed by atoms with Crippen LogP contribution >= 0.6 is 11.3 Å². The van der Waals surface area contributed by atoms with Crippen LogP contribution in [0.25, 0.3) is 10.1 Å². The second kappa shape index (κ2) is 4.11. The summed E-state index contributed by atoms with van der Waals surface area (Å²) in [5.41, 5.74) is 0. The molecule has 0 saturated heterocycles. The van der Waals surface area contributed by atoms with Gasteiger partial charge in [-0.15, -0.1) is 11.3 Å². The normalized spacial score (nSPS) is 11.4. The second-order valence-electron chi connectivity index (χ2n) is 3.61. The molecule has 0 saturated carbocycles. The molecule has 2 rings (SSSR count). The van der Waals surface area contributed by atoms with Gasteiger partial charge in [-0.2, -0.15) is 0 Å². The highest BCUT2D eigenvalue weighted by Gasteiger charge is 2.01. The van der Waals surface area contributed by atoms with E-state index in [1.165, 1.54) is 15.0 Å². The van der Waals surface area contributed by atoms with Gasteiger partial charge in [0, 0.05) is 9.58 Å². The number of rotatable bonds is 3. The van der Waals surface area contributed by atoms with Crippen LogP contribution in [-0.2, 0) is 11.3 Å². The standard InChI is InChI=1S/C12H14OS/c1-9(2)13-8-11-7-10-5-3-4-6-12(10)14-11/h3-7,9H,8H2,1-2H3. The van der Waals surface area contributed by atoms with Crippen LogP contribution in [0.1, 0.15) is 18.7 Å². The average molecular weight is 206 g/mol. The molecule has 0 fully saturated rings. The predicted molar refractivity (Wildman–Crippen MR) is 61.8 cm³/mol. The van der Waals surface area contributed by atoms with E-state index in [4.69, 9.17) is 4.74 Å². The molecular weight excluding hydrogens is 192 g/mol. The Morgan fingerprint density at radius 2 is 2.07 bits per heavy atom. The molecule has 0 N–H and O–H groups in total. The van der Waals surface area contributed by atoms with Gasteiger partial charge in [0.2, 0.25) is 0 Å². The molecule has 2 aromatic rings. The summed E-state index contributed by atoms with van der Waals surface area (Å²) < 4.78 is 6.91. The third kappa shape index (κ3) is 2.14. The van der Waals surface area contributed by atoms with Crippen LogP contribution in [0.4, 0.5) is 0 Å². The maximum atomic E-state index is 5.57. The van der Waals surface area contributed by atoms with Gasteiger partial charge < -0.3 is 4.74 Å². The van der Waals surface area contributed by atoms with Gasteiger partial charge in [-0.25, -0.2) is 0 Å². The Kier molecular flexibility index (Phi) is 2.85. The van der Waals surface area contributed by atoms with E-state index in [0.29, 0.717) is 6.10 Å². The lowest BCUT2D eigenvalue weighted by atomic mass is 10.2. The Balaban J connectivity index is 2.19. The van der Waals surface area contributed by atoms with E-state index in [0.717, 1.165) is 6.61 Å². The molecule has 1 heterocycles. The number of fused-ring (bicyclic) bond motifs is 1. The largest absolute Gasteiger partial charge is 0.373 e. The summed E-state index contributed by atoms with van der Waals surface area (Å²) >= 11 is 1.81. The maximum absolute atomic E-state index is 5.57. The summed E-state index contributed by atoms with van der Waals surface area (Å²) in [6.45, 7) is 4.86. The first-order chi connectivity index (χ1) is 6.75. The Hall–Kier alpha value is -0.860. The van der Waals surface area contributed by atoms with Gasteiger partial charge in [0.25, 0.3) is 0 Å². The molecule has 0 unspecified atom stereocenters. The molecule has 1 nitrogen and oxygen atoms in total. The van der Waals surface area contributed by atoms with Crippen molar-refractivity contribution in [3.05, 3.63) is 35.2 Å². The van der Waals surface area contributed by atoms with Gasteiger partial charge in [-0.3, -0.25) is 0 Å². The van der Waals surface area contributed by atoms with E-state index in [1.807, 2.05) is 11.3 Å². The van der Waals surface area contributed by atoms with Crippen molar-refractivity contribution in [3.63, 3.8) is 0 Å². The molecule has 0 atom stereocenters.